The van der Waals surface area contributed by atoms with Gasteiger partial charge >= 0.3 is 0 Å². The molecule has 4 nitrogen and oxygen atoms in total. The number of nitrogens with zero attached hydrogens (tertiary/aromatic N) is 2. The molecule has 0 N–H and O–H groups in total. The van der Waals surface area contributed by atoms with Gasteiger partial charge in [0.25, 0.3) is 5.91 Å². The summed E-state index contributed by atoms with van der Waals surface area (Å²) in [5.41, 5.74) is 2.14. The molecule has 1 unspecified atom stereocenters. The highest BCUT2D eigenvalue weighted by Crippen LogP contribution is 2.38. The third-order valence-electron chi connectivity index (χ3n) is 6.10. The predicted octanol–water partition coefficient (Wildman–Crippen LogP) is 4.81. The quantitative estimate of drug-likeness (QED) is 0.558. The number of halogens is 2. The molecule has 1 aromatic heterocycles. The van der Waals surface area contributed by atoms with Gasteiger partial charge in [-0.15, -0.1) is 11.3 Å². The molecule has 1 saturated carbocycles. The Kier molecular flexibility index (Phi) is 5.51. The Bertz CT molecular complexity index is 1160. The van der Waals surface area contributed by atoms with Crippen LogP contribution in [-0.2, 0) is 11.2 Å². The molecule has 164 valence electrons. The number of hydrogen-bond acceptors (Lipinski definition) is 3. The lowest BCUT2D eigenvalue weighted by atomic mass is 9.93. The van der Waals surface area contributed by atoms with Crippen LogP contribution in [0.2, 0.25) is 0 Å². The molecule has 1 atom stereocenters. The fourth-order valence-corrected chi connectivity index (χ4v) is 5.27. The van der Waals surface area contributed by atoms with E-state index in [-0.39, 0.29) is 41.8 Å². The normalized spacial score (nSPS) is 17.7. The first-order chi connectivity index (χ1) is 15.5. The Balaban J connectivity index is 1.43. The second kappa shape index (κ2) is 8.47. The average Bonchev–Trinajstić information content (AvgIpc) is 3.52. The van der Waals surface area contributed by atoms with E-state index >= 15 is 0 Å². The first kappa shape index (κ1) is 20.8. The number of fused-ring (bicyclic) bond motifs is 1. The van der Waals surface area contributed by atoms with Gasteiger partial charge in [0.15, 0.2) is 0 Å². The summed E-state index contributed by atoms with van der Waals surface area (Å²) in [4.78, 5) is 31.2. The van der Waals surface area contributed by atoms with E-state index in [4.69, 9.17) is 0 Å². The van der Waals surface area contributed by atoms with Gasteiger partial charge in [-0.05, 0) is 72.2 Å². The summed E-state index contributed by atoms with van der Waals surface area (Å²) >= 11 is 1.66. The van der Waals surface area contributed by atoms with E-state index in [1.807, 2.05) is 11.4 Å². The molecule has 2 aliphatic rings. The minimum atomic E-state index is -0.477. The highest BCUT2D eigenvalue weighted by atomic mass is 32.1. The SMILES string of the molecule is O=C(c1cccc(F)c1)N(CC(=O)N1CCc2sccc2C1c1ccc(F)cc1)C1CC1. The standard InChI is InChI=1S/C25H22F2N2O2S/c26-18-6-4-16(5-7-18)24-21-11-13-32-22(21)10-12-28(24)23(30)15-29(20-8-9-20)25(31)17-2-1-3-19(27)14-17/h1-7,11,13-14,20,24H,8-10,12,15H2. The second-order valence-corrected chi connectivity index (χ2v) is 9.27. The minimum absolute atomic E-state index is 0.000451. The van der Waals surface area contributed by atoms with Gasteiger partial charge in [0.1, 0.15) is 18.2 Å². The summed E-state index contributed by atoms with van der Waals surface area (Å²) in [6.07, 6.45) is 2.42. The molecule has 7 heteroatoms. The van der Waals surface area contributed by atoms with E-state index in [1.54, 1.807) is 39.3 Å². The summed E-state index contributed by atoms with van der Waals surface area (Å²) < 4.78 is 27.2. The molecule has 1 fully saturated rings. The molecule has 32 heavy (non-hydrogen) atoms. The van der Waals surface area contributed by atoms with Crippen LogP contribution in [0.25, 0.3) is 0 Å². The highest BCUT2D eigenvalue weighted by molar-refractivity contribution is 7.10. The van der Waals surface area contributed by atoms with Crippen LogP contribution in [0, 0.1) is 11.6 Å². The molecule has 5 rings (SSSR count). The number of carbonyl (C=O) groups is 2. The Morgan fingerprint density at radius 3 is 2.53 bits per heavy atom. The molecule has 2 amide bonds. The fraction of sp³-hybridized carbons (Fsp3) is 0.280. The lowest BCUT2D eigenvalue weighted by Crippen LogP contribution is -2.47. The third kappa shape index (κ3) is 4.05. The van der Waals surface area contributed by atoms with E-state index in [0.29, 0.717) is 6.54 Å². The maximum atomic E-state index is 13.7. The number of thiophene rings is 1. The predicted molar refractivity (Wildman–Crippen MR) is 118 cm³/mol. The topological polar surface area (TPSA) is 40.6 Å². The van der Waals surface area contributed by atoms with Gasteiger partial charge in [-0.25, -0.2) is 8.78 Å². The van der Waals surface area contributed by atoms with E-state index in [9.17, 15) is 18.4 Å². The van der Waals surface area contributed by atoms with Crippen LogP contribution in [0.15, 0.2) is 60.0 Å². The monoisotopic (exact) mass is 452 g/mol. The maximum absolute atomic E-state index is 13.7. The summed E-state index contributed by atoms with van der Waals surface area (Å²) in [5.74, 6) is -1.29. The smallest absolute Gasteiger partial charge is 0.254 e. The second-order valence-electron chi connectivity index (χ2n) is 8.26. The van der Waals surface area contributed by atoms with Gasteiger partial charge in [0, 0.05) is 23.0 Å². The zero-order valence-electron chi connectivity index (χ0n) is 17.3. The number of carbonyl (C=O) groups excluding carboxylic acids is 2. The molecule has 3 aromatic rings. The number of rotatable bonds is 5. The molecule has 1 aliphatic carbocycles. The largest absolute Gasteiger partial charge is 0.330 e. The molecular formula is C25H22F2N2O2S. The Morgan fingerprint density at radius 2 is 1.81 bits per heavy atom. The summed E-state index contributed by atoms with van der Waals surface area (Å²) in [5, 5.41) is 2.01. The van der Waals surface area contributed by atoms with Gasteiger partial charge in [0.05, 0.1) is 6.04 Å². The van der Waals surface area contributed by atoms with Crippen molar-refractivity contribution in [1.82, 2.24) is 9.80 Å². The van der Waals surface area contributed by atoms with Gasteiger partial charge in [-0.2, -0.15) is 0 Å². The van der Waals surface area contributed by atoms with Crippen LogP contribution < -0.4 is 0 Å². The highest BCUT2D eigenvalue weighted by Gasteiger charge is 2.38. The lowest BCUT2D eigenvalue weighted by Gasteiger charge is -2.37. The van der Waals surface area contributed by atoms with Crippen LogP contribution in [0.4, 0.5) is 8.78 Å². The van der Waals surface area contributed by atoms with E-state index < -0.39 is 5.82 Å². The van der Waals surface area contributed by atoms with Crippen molar-refractivity contribution in [3.05, 3.63) is 93.2 Å². The van der Waals surface area contributed by atoms with Crippen molar-refractivity contribution in [1.29, 1.82) is 0 Å². The van der Waals surface area contributed by atoms with Gasteiger partial charge < -0.3 is 9.80 Å². The van der Waals surface area contributed by atoms with Gasteiger partial charge in [0.2, 0.25) is 5.91 Å². The molecule has 1 aliphatic heterocycles. The molecule has 0 spiro atoms. The first-order valence-corrected chi connectivity index (χ1v) is 11.6. The fourth-order valence-electron chi connectivity index (χ4n) is 4.37. The van der Waals surface area contributed by atoms with E-state index in [1.165, 1.54) is 35.2 Å². The van der Waals surface area contributed by atoms with Crippen molar-refractivity contribution in [2.45, 2.75) is 31.3 Å². The van der Waals surface area contributed by atoms with E-state index in [2.05, 4.69) is 0 Å². The van der Waals surface area contributed by atoms with Gasteiger partial charge in [-0.1, -0.05) is 18.2 Å². The van der Waals surface area contributed by atoms with Crippen molar-refractivity contribution >= 4 is 23.2 Å². The lowest BCUT2D eigenvalue weighted by molar-refractivity contribution is -0.134. The molecular weight excluding hydrogens is 430 g/mol. The number of benzene rings is 2. The minimum Gasteiger partial charge on any atom is -0.330 e. The van der Waals surface area contributed by atoms with Crippen molar-refractivity contribution in [3.8, 4) is 0 Å². The summed E-state index contributed by atoms with van der Waals surface area (Å²) in [6, 6.07) is 13.5. The van der Waals surface area contributed by atoms with Crippen molar-refractivity contribution in [2.24, 2.45) is 0 Å². The molecule has 0 radical (unpaired) electrons. The maximum Gasteiger partial charge on any atom is 0.254 e. The Hall–Kier alpha value is -3.06. The van der Waals surface area contributed by atoms with Crippen molar-refractivity contribution in [2.75, 3.05) is 13.1 Å². The zero-order chi connectivity index (χ0) is 22.2. The van der Waals surface area contributed by atoms with Crippen molar-refractivity contribution in [3.63, 3.8) is 0 Å². The summed E-state index contributed by atoms with van der Waals surface area (Å²) in [7, 11) is 0. The Labute approximate surface area is 189 Å². The molecule has 0 saturated heterocycles. The molecule has 0 bridgehead atoms. The molecule has 2 aromatic carbocycles. The van der Waals surface area contributed by atoms with Crippen LogP contribution in [0.5, 0.6) is 0 Å². The zero-order valence-corrected chi connectivity index (χ0v) is 18.2. The van der Waals surface area contributed by atoms with Crippen LogP contribution >= 0.6 is 11.3 Å². The average molecular weight is 453 g/mol. The van der Waals surface area contributed by atoms with Crippen molar-refractivity contribution < 1.29 is 18.4 Å². The van der Waals surface area contributed by atoms with Crippen LogP contribution in [0.1, 0.15) is 45.2 Å². The van der Waals surface area contributed by atoms with Crippen LogP contribution in [0.3, 0.4) is 0 Å². The third-order valence-corrected chi connectivity index (χ3v) is 7.09. The number of hydrogen-bond donors (Lipinski definition) is 0. The Morgan fingerprint density at radius 1 is 1.03 bits per heavy atom. The van der Waals surface area contributed by atoms with Gasteiger partial charge in [-0.3, -0.25) is 9.59 Å². The first-order valence-electron chi connectivity index (χ1n) is 10.7. The van der Waals surface area contributed by atoms with Crippen LogP contribution in [-0.4, -0.2) is 40.7 Å². The molecule has 2 heterocycles. The summed E-state index contributed by atoms with van der Waals surface area (Å²) in [6.45, 7) is 0.470. The van der Waals surface area contributed by atoms with E-state index in [0.717, 1.165) is 30.4 Å². The number of amides is 2.